The minimum Gasteiger partial charge on any atom is -0.466 e. The number of carbonyl (C=O) groups excluding carboxylic acids is 2. The number of ether oxygens (including phenoxy) is 1. The van der Waals surface area contributed by atoms with Crippen LogP contribution in [-0.4, -0.2) is 56.1 Å². The number of nitrogens with zero attached hydrogens (tertiary/aromatic N) is 1. The van der Waals surface area contributed by atoms with E-state index in [9.17, 15) is 18.0 Å². The predicted octanol–water partition coefficient (Wildman–Crippen LogP) is 0.260. The zero-order valence-electron chi connectivity index (χ0n) is 12.6. The molecule has 1 heterocycles. The van der Waals surface area contributed by atoms with E-state index >= 15 is 0 Å². The second-order valence-electron chi connectivity index (χ2n) is 4.95. The summed E-state index contributed by atoms with van der Waals surface area (Å²) in [6.45, 7) is 4.51. The highest BCUT2D eigenvalue weighted by molar-refractivity contribution is 7.89. The molecule has 0 aromatic rings. The van der Waals surface area contributed by atoms with Crippen LogP contribution in [0.4, 0.5) is 0 Å². The molecular weight excluding hydrogens is 296 g/mol. The Morgan fingerprint density at radius 3 is 2.33 bits per heavy atom. The first-order valence-corrected chi connectivity index (χ1v) is 8.92. The summed E-state index contributed by atoms with van der Waals surface area (Å²) in [5, 5.41) is 2.84. The maximum Gasteiger partial charge on any atom is 0.306 e. The normalized spacial score (nSPS) is 17.4. The van der Waals surface area contributed by atoms with Gasteiger partial charge in [0.15, 0.2) is 0 Å². The molecule has 122 valence electrons. The molecule has 0 spiro atoms. The highest BCUT2D eigenvalue weighted by atomic mass is 32.2. The van der Waals surface area contributed by atoms with E-state index in [1.807, 2.05) is 0 Å². The Bertz CT molecular complexity index is 455. The van der Waals surface area contributed by atoms with Gasteiger partial charge in [0.1, 0.15) is 0 Å². The van der Waals surface area contributed by atoms with Gasteiger partial charge in [-0.15, -0.1) is 0 Å². The van der Waals surface area contributed by atoms with Crippen LogP contribution in [0.15, 0.2) is 0 Å². The molecular formula is C13H24N2O5S. The SMILES string of the molecule is CCOC(=O)CCC(=O)NC1CCN(S(=O)(=O)CC)CC1. The van der Waals surface area contributed by atoms with E-state index in [2.05, 4.69) is 5.32 Å². The summed E-state index contributed by atoms with van der Waals surface area (Å²) >= 11 is 0. The van der Waals surface area contributed by atoms with Gasteiger partial charge in [0.2, 0.25) is 15.9 Å². The van der Waals surface area contributed by atoms with Crippen molar-refractivity contribution >= 4 is 21.9 Å². The number of amides is 1. The number of sulfonamides is 1. The topological polar surface area (TPSA) is 92.8 Å². The number of hydrogen-bond donors (Lipinski definition) is 1. The molecule has 1 aliphatic rings. The summed E-state index contributed by atoms with van der Waals surface area (Å²) in [5.41, 5.74) is 0. The van der Waals surface area contributed by atoms with Crippen molar-refractivity contribution in [2.24, 2.45) is 0 Å². The third kappa shape index (κ3) is 6.01. The van der Waals surface area contributed by atoms with Crippen molar-refractivity contribution < 1.29 is 22.7 Å². The average Bonchev–Trinajstić information content (AvgIpc) is 2.46. The molecule has 0 radical (unpaired) electrons. The number of hydrogen-bond acceptors (Lipinski definition) is 5. The lowest BCUT2D eigenvalue weighted by Gasteiger charge is -2.31. The second-order valence-corrected chi connectivity index (χ2v) is 7.20. The molecule has 0 atom stereocenters. The molecule has 0 aliphatic carbocycles. The lowest BCUT2D eigenvalue weighted by atomic mass is 10.1. The summed E-state index contributed by atoms with van der Waals surface area (Å²) in [4.78, 5) is 22.9. The van der Waals surface area contributed by atoms with Gasteiger partial charge in [0.25, 0.3) is 0 Å². The fourth-order valence-corrected chi connectivity index (χ4v) is 3.34. The molecule has 0 aromatic heterocycles. The molecule has 7 nitrogen and oxygen atoms in total. The second kappa shape index (κ2) is 8.33. The third-order valence-corrected chi connectivity index (χ3v) is 5.32. The first kappa shape index (κ1) is 17.9. The number of nitrogens with one attached hydrogen (secondary N) is 1. The highest BCUT2D eigenvalue weighted by Gasteiger charge is 2.27. The Morgan fingerprint density at radius 2 is 1.81 bits per heavy atom. The number of piperidine rings is 1. The van der Waals surface area contributed by atoms with Crippen LogP contribution < -0.4 is 5.32 Å². The van der Waals surface area contributed by atoms with Crippen LogP contribution in [0.2, 0.25) is 0 Å². The van der Waals surface area contributed by atoms with Gasteiger partial charge < -0.3 is 10.1 Å². The minimum absolute atomic E-state index is 0.0250. The Kier molecular flexibility index (Phi) is 7.10. The van der Waals surface area contributed by atoms with Gasteiger partial charge in [-0.1, -0.05) is 0 Å². The fourth-order valence-electron chi connectivity index (χ4n) is 2.21. The van der Waals surface area contributed by atoms with Crippen molar-refractivity contribution in [2.75, 3.05) is 25.4 Å². The average molecular weight is 320 g/mol. The van der Waals surface area contributed by atoms with Crippen molar-refractivity contribution in [3.05, 3.63) is 0 Å². The Labute approximate surface area is 126 Å². The molecule has 0 unspecified atom stereocenters. The number of esters is 1. The van der Waals surface area contributed by atoms with E-state index in [0.717, 1.165) is 0 Å². The molecule has 1 rings (SSSR count). The van der Waals surface area contributed by atoms with Gasteiger partial charge in [0.05, 0.1) is 18.8 Å². The van der Waals surface area contributed by atoms with Crippen LogP contribution in [0.25, 0.3) is 0 Å². The summed E-state index contributed by atoms with van der Waals surface area (Å²) in [6, 6.07) is -0.0250. The molecule has 8 heteroatoms. The molecule has 1 fully saturated rings. The predicted molar refractivity (Wildman–Crippen MR) is 78.1 cm³/mol. The van der Waals surface area contributed by atoms with E-state index < -0.39 is 10.0 Å². The van der Waals surface area contributed by atoms with E-state index in [-0.39, 0.29) is 36.5 Å². The van der Waals surface area contributed by atoms with E-state index in [1.54, 1.807) is 13.8 Å². The standard InChI is InChI=1S/C13H24N2O5S/c1-3-20-13(17)6-5-12(16)14-11-7-9-15(10-8-11)21(18,19)4-2/h11H,3-10H2,1-2H3,(H,14,16). The monoisotopic (exact) mass is 320 g/mol. The Balaban J connectivity index is 2.29. The lowest BCUT2D eigenvalue weighted by Crippen LogP contribution is -2.46. The maximum absolute atomic E-state index is 11.7. The largest absolute Gasteiger partial charge is 0.466 e. The number of rotatable bonds is 7. The first-order chi connectivity index (χ1) is 9.89. The van der Waals surface area contributed by atoms with E-state index in [1.165, 1.54) is 4.31 Å². The molecule has 0 saturated carbocycles. The van der Waals surface area contributed by atoms with Crippen LogP contribution in [-0.2, 0) is 24.3 Å². The fraction of sp³-hybridized carbons (Fsp3) is 0.846. The van der Waals surface area contributed by atoms with Crippen molar-refractivity contribution in [2.45, 2.75) is 45.6 Å². The summed E-state index contributed by atoms with van der Waals surface area (Å²) in [6.07, 6.45) is 1.38. The van der Waals surface area contributed by atoms with Gasteiger partial charge >= 0.3 is 5.97 Å². The summed E-state index contributed by atoms with van der Waals surface area (Å²) < 4.78 is 29.6. The van der Waals surface area contributed by atoms with Crippen molar-refractivity contribution in [1.82, 2.24) is 9.62 Å². The first-order valence-electron chi connectivity index (χ1n) is 7.31. The molecule has 0 bridgehead atoms. The van der Waals surface area contributed by atoms with Crippen LogP contribution in [0.1, 0.15) is 39.5 Å². The zero-order chi connectivity index (χ0) is 15.9. The smallest absolute Gasteiger partial charge is 0.306 e. The van der Waals surface area contributed by atoms with E-state index in [4.69, 9.17) is 4.74 Å². The van der Waals surface area contributed by atoms with E-state index in [0.29, 0.717) is 32.5 Å². The van der Waals surface area contributed by atoms with Gasteiger partial charge in [-0.3, -0.25) is 9.59 Å². The molecule has 0 aromatic carbocycles. The quantitative estimate of drug-likeness (QED) is 0.679. The van der Waals surface area contributed by atoms with Gasteiger partial charge in [0, 0.05) is 25.6 Å². The molecule has 1 aliphatic heterocycles. The Hall–Kier alpha value is -1.15. The minimum atomic E-state index is -3.14. The molecule has 1 saturated heterocycles. The maximum atomic E-state index is 11.7. The van der Waals surface area contributed by atoms with Crippen molar-refractivity contribution in [3.63, 3.8) is 0 Å². The summed E-state index contributed by atoms with van der Waals surface area (Å²) in [5.74, 6) is -0.472. The summed E-state index contributed by atoms with van der Waals surface area (Å²) in [7, 11) is -3.14. The van der Waals surface area contributed by atoms with Crippen LogP contribution >= 0.6 is 0 Å². The van der Waals surface area contributed by atoms with Gasteiger partial charge in [-0.2, -0.15) is 0 Å². The van der Waals surface area contributed by atoms with Crippen LogP contribution in [0.3, 0.4) is 0 Å². The third-order valence-electron chi connectivity index (χ3n) is 3.44. The van der Waals surface area contributed by atoms with Gasteiger partial charge in [-0.25, -0.2) is 12.7 Å². The molecule has 1 N–H and O–H groups in total. The highest BCUT2D eigenvalue weighted by Crippen LogP contribution is 2.14. The van der Waals surface area contributed by atoms with Crippen molar-refractivity contribution in [3.8, 4) is 0 Å². The number of carbonyl (C=O) groups is 2. The molecule has 21 heavy (non-hydrogen) atoms. The Morgan fingerprint density at radius 1 is 1.19 bits per heavy atom. The molecule has 1 amide bonds. The van der Waals surface area contributed by atoms with Crippen molar-refractivity contribution in [1.29, 1.82) is 0 Å². The van der Waals surface area contributed by atoms with Crippen LogP contribution in [0, 0.1) is 0 Å². The zero-order valence-corrected chi connectivity index (χ0v) is 13.4. The van der Waals surface area contributed by atoms with Crippen LogP contribution in [0.5, 0.6) is 0 Å². The lowest BCUT2D eigenvalue weighted by molar-refractivity contribution is -0.144. The van der Waals surface area contributed by atoms with Gasteiger partial charge in [-0.05, 0) is 26.7 Å².